The van der Waals surface area contributed by atoms with Gasteiger partial charge >= 0.3 is 0 Å². The van der Waals surface area contributed by atoms with Crippen molar-refractivity contribution in [3.8, 4) is 11.5 Å². The topological polar surface area (TPSA) is 101 Å². The molecule has 156 valence electrons. The minimum absolute atomic E-state index is 0.0882. The van der Waals surface area contributed by atoms with Crippen molar-refractivity contribution in [1.29, 1.82) is 0 Å². The lowest BCUT2D eigenvalue weighted by atomic mass is 10.1. The van der Waals surface area contributed by atoms with Crippen LogP contribution in [0, 0.1) is 6.92 Å². The second-order valence-electron chi connectivity index (χ2n) is 7.61. The van der Waals surface area contributed by atoms with E-state index in [1.54, 1.807) is 4.90 Å². The Morgan fingerprint density at radius 3 is 2.87 bits per heavy atom. The number of benzene rings is 1. The Hall–Kier alpha value is -3.07. The average molecular weight is 426 g/mol. The Balaban J connectivity index is 1.51. The predicted octanol–water partition coefficient (Wildman–Crippen LogP) is 3.93. The molecule has 0 radical (unpaired) electrons. The highest BCUT2D eigenvalue weighted by Gasteiger charge is 2.24. The zero-order chi connectivity index (χ0) is 21.3. The number of hydrogen-bond acceptors (Lipinski definition) is 7. The lowest BCUT2D eigenvalue weighted by Crippen LogP contribution is -2.23. The first-order valence-corrected chi connectivity index (χ1v) is 10.8. The highest BCUT2D eigenvalue weighted by atomic mass is 32.1. The number of carbonyl (C=O) groups excluding carboxylic acids is 2. The maximum Gasteiger partial charge on any atom is 0.260 e. The molecule has 0 aliphatic carbocycles. The first kappa shape index (κ1) is 20.2. The molecule has 1 N–H and O–H groups in total. The summed E-state index contributed by atoms with van der Waals surface area (Å²) < 4.78 is 5.42. The summed E-state index contributed by atoms with van der Waals surface area (Å²) in [6, 6.07) is 5.65. The van der Waals surface area contributed by atoms with Crippen LogP contribution in [0.5, 0.6) is 0 Å². The fourth-order valence-corrected chi connectivity index (χ4v) is 4.16. The molecule has 3 aromatic rings. The molecule has 2 aromatic heterocycles. The number of anilines is 2. The largest absolute Gasteiger partial charge is 0.334 e. The van der Waals surface area contributed by atoms with Crippen LogP contribution in [-0.2, 0) is 16.0 Å². The van der Waals surface area contributed by atoms with Crippen LogP contribution >= 0.6 is 11.3 Å². The van der Waals surface area contributed by atoms with E-state index in [0.29, 0.717) is 46.8 Å². The van der Waals surface area contributed by atoms with Crippen molar-refractivity contribution >= 4 is 34.0 Å². The first-order chi connectivity index (χ1) is 14.4. The Labute approximate surface area is 178 Å². The molecule has 1 fully saturated rings. The van der Waals surface area contributed by atoms with Crippen molar-refractivity contribution in [1.82, 2.24) is 15.1 Å². The fourth-order valence-electron chi connectivity index (χ4n) is 3.29. The van der Waals surface area contributed by atoms with Gasteiger partial charge in [-0.05, 0) is 25.0 Å². The van der Waals surface area contributed by atoms with E-state index >= 15 is 0 Å². The van der Waals surface area contributed by atoms with Gasteiger partial charge < -0.3 is 9.84 Å². The summed E-state index contributed by atoms with van der Waals surface area (Å²) in [5, 5.41) is 9.47. The van der Waals surface area contributed by atoms with Crippen molar-refractivity contribution in [2.45, 2.75) is 46.0 Å². The van der Waals surface area contributed by atoms with Crippen LogP contribution in [0.1, 0.15) is 49.7 Å². The van der Waals surface area contributed by atoms with Gasteiger partial charge in [-0.25, -0.2) is 4.98 Å². The van der Waals surface area contributed by atoms with E-state index in [1.165, 1.54) is 11.3 Å². The summed E-state index contributed by atoms with van der Waals surface area (Å²) >= 11 is 1.39. The number of aryl methyl sites for hydroxylation is 1. The van der Waals surface area contributed by atoms with Gasteiger partial charge in [-0.1, -0.05) is 31.1 Å². The highest BCUT2D eigenvalue weighted by Crippen LogP contribution is 2.31. The van der Waals surface area contributed by atoms with Crippen LogP contribution in [0.2, 0.25) is 0 Å². The number of hydrogen-bond donors (Lipinski definition) is 1. The van der Waals surface area contributed by atoms with Gasteiger partial charge in [0.15, 0.2) is 11.0 Å². The maximum atomic E-state index is 12.7. The molecule has 0 saturated carbocycles. The minimum atomic E-state index is -0.196. The number of aromatic nitrogens is 3. The van der Waals surface area contributed by atoms with E-state index < -0.39 is 0 Å². The smallest absolute Gasteiger partial charge is 0.260 e. The average Bonchev–Trinajstić information content (AvgIpc) is 3.44. The van der Waals surface area contributed by atoms with Crippen molar-refractivity contribution in [3.63, 3.8) is 0 Å². The fraction of sp³-hybridized carbons (Fsp3) is 0.381. The SMILES string of the molecule is Cc1cccc(-c2nc(C(C)C)no2)c1NC(=O)Cc1csc(N2CCCC2=O)n1. The molecule has 0 atom stereocenters. The van der Waals surface area contributed by atoms with E-state index in [0.717, 1.165) is 12.0 Å². The molecular weight excluding hydrogens is 402 g/mol. The molecule has 1 saturated heterocycles. The molecule has 1 aliphatic heterocycles. The van der Waals surface area contributed by atoms with Crippen LogP contribution in [-0.4, -0.2) is 33.5 Å². The lowest BCUT2D eigenvalue weighted by Gasteiger charge is -2.12. The number of nitrogens with one attached hydrogen (secondary N) is 1. The van der Waals surface area contributed by atoms with Crippen LogP contribution in [0.4, 0.5) is 10.8 Å². The monoisotopic (exact) mass is 425 g/mol. The second-order valence-corrected chi connectivity index (χ2v) is 8.44. The number of amides is 2. The van der Waals surface area contributed by atoms with Crippen molar-refractivity contribution in [2.24, 2.45) is 0 Å². The summed E-state index contributed by atoms with van der Waals surface area (Å²) in [6.07, 6.45) is 1.52. The number of rotatable bonds is 6. The highest BCUT2D eigenvalue weighted by molar-refractivity contribution is 7.14. The number of para-hydroxylation sites is 1. The van der Waals surface area contributed by atoms with Crippen molar-refractivity contribution in [3.05, 3.63) is 40.7 Å². The first-order valence-electron chi connectivity index (χ1n) is 9.90. The lowest BCUT2D eigenvalue weighted by molar-refractivity contribution is -0.117. The summed E-state index contributed by atoms with van der Waals surface area (Å²) in [6.45, 7) is 6.59. The van der Waals surface area contributed by atoms with Crippen molar-refractivity contribution < 1.29 is 14.1 Å². The Morgan fingerprint density at radius 2 is 2.17 bits per heavy atom. The van der Waals surface area contributed by atoms with E-state index in [1.807, 2.05) is 44.4 Å². The van der Waals surface area contributed by atoms with E-state index in [4.69, 9.17) is 4.52 Å². The predicted molar refractivity (Wildman–Crippen MR) is 115 cm³/mol. The minimum Gasteiger partial charge on any atom is -0.334 e. The van der Waals surface area contributed by atoms with Gasteiger partial charge in [0.2, 0.25) is 11.8 Å². The molecule has 2 amide bonds. The molecular formula is C21H23N5O3S. The Kier molecular flexibility index (Phi) is 5.63. The number of thiazole rings is 1. The van der Waals surface area contributed by atoms with Gasteiger partial charge in [-0.3, -0.25) is 14.5 Å². The van der Waals surface area contributed by atoms with E-state index in [9.17, 15) is 9.59 Å². The number of nitrogens with zero attached hydrogens (tertiary/aromatic N) is 4. The van der Waals surface area contributed by atoms with E-state index in [-0.39, 0.29) is 24.2 Å². The van der Waals surface area contributed by atoms with Gasteiger partial charge in [-0.15, -0.1) is 11.3 Å². The summed E-state index contributed by atoms with van der Waals surface area (Å²) in [5.41, 5.74) is 2.87. The summed E-state index contributed by atoms with van der Waals surface area (Å²) in [4.78, 5) is 35.2. The van der Waals surface area contributed by atoms with Crippen molar-refractivity contribution in [2.75, 3.05) is 16.8 Å². The zero-order valence-electron chi connectivity index (χ0n) is 17.1. The molecule has 30 heavy (non-hydrogen) atoms. The molecule has 9 heteroatoms. The molecule has 0 bridgehead atoms. The Bertz CT molecular complexity index is 1090. The van der Waals surface area contributed by atoms with Crippen LogP contribution < -0.4 is 10.2 Å². The summed E-state index contributed by atoms with van der Waals surface area (Å²) in [7, 11) is 0. The van der Waals surface area contributed by atoms with Gasteiger partial charge in [0.25, 0.3) is 5.89 Å². The normalized spacial score (nSPS) is 14.0. The molecule has 1 aromatic carbocycles. The van der Waals surface area contributed by atoms with Gasteiger partial charge in [-0.2, -0.15) is 4.98 Å². The van der Waals surface area contributed by atoms with Gasteiger partial charge in [0.05, 0.1) is 23.4 Å². The van der Waals surface area contributed by atoms with Crippen LogP contribution in [0.3, 0.4) is 0 Å². The quantitative estimate of drug-likeness (QED) is 0.642. The van der Waals surface area contributed by atoms with Gasteiger partial charge in [0, 0.05) is 24.3 Å². The third kappa shape index (κ3) is 4.11. The van der Waals surface area contributed by atoms with E-state index in [2.05, 4.69) is 20.4 Å². The second kappa shape index (κ2) is 8.35. The zero-order valence-corrected chi connectivity index (χ0v) is 18.0. The molecule has 3 heterocycles. The van der Waals surface area contributed by atoms with Crippen LogP contribution in [0.25, 0.3) is 11.5 Å². The Morgan fingerprint density at radius 1 is 1.33 bits per heavy atom. The molecule has 0 spiro atoms. The molecule has 1 aliphatic rings. The van der Waals surface area contributed by atoms with Gasteiger partial charge in [0.1, 0.15) is 0 Å². The maximum absolute atomic E-state index is 12.7. The van der Waals surface area contributed by atoms with Crippen LogP contribution in [0.15, 0.2) is 28.1 Å². The summed E-state index contributed by atoms with van der Waals surface area (Å²) in [5.74, 6) is 1.03. The third-order valence-electron chi connectivity index (χ3n) is 4.91. The third-order valence-corrected chi connectivity index (χ3v) is 5.82. The molecule has 8 nitrogen and oxygen atoms in total. The molecule has 4 rings (SSSR count). The molecule has 0 unspecified atom stereocenters. The number of carbonyl (C=O) groups is 2. The standard InChI is InChI=1S/C21H23N5O3S/c1-12(2)19-24-20(29-25-19)15-7-4-6-13(3)18(15)23-16(27)10-14-11-30-21(22-14)26-9-5-8-17(26)28/h4,6-7,11-12H,5,8-10H2,1-3H3,(H,23,27).